The fourth-order valence-corrected chi connectivity index (χ4v) is 4.78. The van der Waals surface area contributed by atoms with E-state index in [-0.39, 0.29) is 5.60 Å². The Morgan fingerprint density at radius 3 is 2.56 bits per heavy atom. The summed E-state index contributed by atoms with van der Waals surface area (Å²) in [4.78, 5) is 11.4. The van der Waals surface area contributed by atoms with Gasteiger partial charge >= 0.3 is 12.1 Å². The van der Waals surface area contributed by atoms with Crippen LogP contribution in [0.4, 0.5) is 13.2 Å². The molecule has 4 rings (SSSR count). The van der Waals surface area contributed by atoms with Crippen molar-refractivity contribution in [2.45, 2.75) is 44.0 Å². The van der Waals surface area contributed by atoms with E-state index in [0.29, 0.717) is 11.8 Å². The first-order chi connectivity index (χ1) is 16.2. The van der Waals surface area contributed by atoms with Crippen LogP contribution in [0, 0.1) is 11.8 Å². The van der Waals surface area contributed by atoms with Gasteiger partial charge in [-0.15, -0.1) is 0 Å². The molecular formula is C24H34F3NO6. The summed E-state index contributed by atoms with van der Waals surface area (Å²) in [5.41, 5.74) is 1.37. The molecule has 0 amide bonds. The van der Waals surface area contributed by atoms with E-state index in [1.54, 1.807) is 7.11 Å². The van der Waals surface area contributed by atoms with Gasteiger partial charge in [0.15, 0.2) is 0 Å². The van der Waals surface area contributed by atoms with Gasteiger partial charge in [-0.3, -0.25) is 4.90 Å². The van der Waals surface area contributed by atoms with Crippen LogP contribution >= 0.6 is 0 Å². The maximum atomic E-state index is 10.6. The van der Waals surface area contributed by atoms with Crippen molar-refractivity contribution in [2.24, 2.45) is 11.8 Å². The summed E-state index contributed by atoms with van der Waals surface area (Å²) >= 11 is 0. The maximum Gasteiger partial charge on any atom is 0.490 e. The molecule has 1 aromatic carbocycles. The van der Waals surface area contributed by atoms with Gasteiger partial charge in [-0.1, -0.05) is 12.1 Å². The van der Waals surface area contributed by atoms with Crippen molar-refractivity contribution in [3.63, 3.8) is 0 Å². The van der Waals surface area contributed by atoms with Gasteiger partial charge in [0.1, 0.15) is 5.75 Å². The summed E-state index contributed by atoms with van der Waals surface area (Å²) < 4.78 is 54.7. The number of alkyl halides is 3. The second-order valence-electron chi connectivity index (χ2n) is 9.12. The Morgan fingerprint density at radius 1 is 1.21 bits per heavy atom. The minimum atomic E-state index is -5.08. The first-order valence-electron chi connectivity index (χ1n) is 11.7. The molecule has 10 heteroatoms. The highest BCUT2D eigenvalue weighted by molar-refractivity contribution is 5.73. The van der Waals surface area contributed by atoms with Gasteiger partial charge in [-0.25, -0.2) is 4.79 Å². The number of methoxy groups -OCH3 is 1. The molecule has 1 spiro atoms. The highest BCUT2D eigenvalue weighted by Gasteiger charge is 2.52. The zero-order chi connectivity index (χ0) is 24.6. The van der Waals surface area contributed by atoms with Crippen molar-refractivity contribution in [3.05, 3.63) is 29.8 Å². The molecule has 1 N–H and O–H groups in total. The van der Waals surface area contributed by atoms with Crippen LogP contribution in [0.2, 0.25) is 0 Å². The van der Waals surface area contributed by atoms with Crippen molar-refractivity contribution in [1.82, 2.24) is 4.90 Å². The molecule has 3 fully saturated rings. The molecule has 0 radical (unpaired) electrons. The monoisotopic (exact) mass is 489 g/mol. The molecular weight excluding hydrogens is 455 g/mol. The number of hydrogen-bond donors (Lipinski definition) is 1. The smallest absolute Gasteiger partial charge is 0.490 e. The van der Waals surface area contributed by atoms with Gasteiger partial charge in [0, 0.05) is 52.7 Å². The largest absolute Gasteiger partial charge is 0.497 e. The van der Waals surface area contributed by atoms with Crippen LogP contribution in [0.1, 0.15) is 31.2 Å². The Hall–Kier alpha value is -1.88. The number of rotatable bonds is 8. The molecule has 34 heavy (non-hydrogen) atoms. The third kappa shape index (κ3) is 7.56. The highest BCUT2D eigenvalue weighted by atomic mass is 19.4. The van der Waals surface area contributed by atoms with E-state index >= 15 is 0 Å². The Bertz CT molecular complexity index is 778. The third-order valence-corrected chi connectivity index (χ3v) is 6.67. The van der Waals surface area contributed by atoms with E-state index in [9.17, 15) is 13.2 Å². The predicted octanol–water partition coefficient (Wildman–Crippen LogP) is 3.75. The average Bonchev–Trinajstić information content (AvgIpc) is 3.21. The lowest BCUT2D eigenvalue weighted by atomic mass is 9.79. The first kappa shape index (κ1) is 26.7. The molecule has 0 aliphatic carbocycles. The van der Waals surface area contributed by atoms with Crippen molar-refractivity contribution < 1.29 is 42.0 Å². The van der Waals surface area contributed by atoms with E-state index < -0.39 is 12.1 Å². The Morgan fingerprint density at radius 2 is 1.91 bits per heavy atom. The van der Waals surface area contributed by atoms with Crippen LogP contribution in [0.3, 0.4) is 0 Å². The molecule has 0 bridgehead atoms. The second-order valence-corrected chi connectivity index (χ2v) is 9.12. The lowest BCUT2D eigenvalue weighted by Crippen LogP contribution is -2.64. The van der Waals surface area contributed by atoms with Gasteiger partial charge in [-0.2, -0.15) is 13.2 Å². The van der Waals surface area contributed by atoms with Crippen molar-refractivity contribution >= 4 is 5.97 Å². The number of hydrogen-bond acceptors (Lipinski definition) is 6. The minimum Gasteiger partial charge on any atom is -0.497 e. The van der Waals surface area contributed by atoms with Crippen LogP contribution in [0.15, 0.2) is 24.3 Å². The zero-order valence-electron chi connectivity index (χ0n) is 19.5. The van der Waals surface area contributed by atoms with E-state index in [0.717, 1.165) is 77.7 Å². The number of benzene rings is 1. The number of nitrogens with zero attached hydrogens (tertiary/aromatic N) is 1. The lowest BCUT2D eigenvalue weighted by Gasteiger charge is -2.50. The first-order valence-corrected chi connectivity index (χ1v) is 11.7. The number of ether oxygens (including phenoxy) is 4. The summed E-state index contributed by atoms with van der Waals surface area (Å²) in [7, 11) is 1.72. The molecule has 3 aliphatic rings. The van der Waals surface area contributed by atoms with Crippen LogP contribution in [0.25, 0.3) is 0 Å². The lowest BCUT2D eigenvalue weighted by molar-refractivity contribution is -0.192. The van der Waals surface area contributed by atoms with E-state index in [1.807, 2.05) is 6.07 Å². The highest BCUT2D eigenvalue weighted by Crippen LogP contribution is 2.42. The number of carboxylic acids is 1. The van der Waals surface area contributed by atoms with Crippen molar-refractivity contribution in [3.8, 4) is 5.75 Å². The van der Waals surface area contributed by atoms with Gasteiger partial charge in [0.2, 0.25) is 0 Å². The quantitative estimate of drug-likeness (QED) is 0.558. The predicted molar refractivity (Wildman–Crippen MR) is 118 cm³/mol. The molecule has 0 aromatic heterocycles. The molecule has 3 heterocycles. The Labute approximate surface area is 198 Å². The molecule has 0 saturated carbocycles. The van der Waals surface area contributed by atoms with E-state index in [1.165, 1.54) is 12.0 Å². The van der Waals surface area contributed by atoms with Crippen molar-refractivity contribution in [2.75, 3.05) is 53.2 Å². The number of aliphatic carboxylic acids is 1. The van der Waals surface area contributed by atoms with Crippen LogP contribution in [-0.2, 0) is 25.5 Å². The van der Waals surface area contributed by atoms with Gasteiger partial charge in [-0.05, 0) is 55.2 Å². The summed E-state index contributed by atoms with van der Waals surface area (Å²) in [6, 6.07) is 8.36. The van der Waals surface area contributed by atoms with Gasteiger partial charge in [0.05, 0.1) is 12.7 Å². The number of likely N-dealkylation sites (tertiary alicyclic amines) is 1. The fourth-order valence-electron chi connectivity index (χ4n) is 4.78. The standard InChI is InChI=1S/C22H33NO4.C2HF3O2/c1-24-21-4-2-3-19(13-21)14-23-16-22(17-23)20(8-12-27-22)7-11-26-15-18-5-9-25-10-6-18;3-2(4,5)1(6)7/h2-4,13,18,20H,5-12,14-17H2,1H3;(H,6,7). The van der Waals surface area contributed by atoms with E-state index in [2.05, 4.69) is 23.1 Å². The fraction of sp³-hybridized carbons (Fsp3) is 0.708. The normalized spacial score (nSPS) is 22.6. The molecule has 3 aliphatic heterocycles. The molecule has 1 aromatic rings. The molecule has 1 atom stereocenters. The van der Waals surface area contributed by atoms with E-state index in [4.69, 9.17) is 28.8 Å². The topological polar surface area (TPSA) is 77.5 Å². The molecule has 7 nitrogen and oxygen atoms in total. The number of halogens is 3. The third-order valence-electron chi connectivity index (χ3n) is 6.67. The molecule has 192 valence electrons. The molecule has 3 saturated heterocycles. The Balaban J connectivity index is 0.000000406. The minimum absolute atomic E-state index is 0.0703. The van der Waals surface area contributed by atoms with Gasteiger partial charge in [0.25, 0.3) is 0 Å². The SMILES string of the molecule is COc1cccc(CN2CC3(C2)OCCC3CCOCC2CCOCC2)c1.O=C(O)C(F)(F)F. The second kappa shape index (κ2) is 12.2. The van der Waals surface area contributed by atoms with Crippen molar-refractivity contribution in [1.29, 1.82) is 0 Å². The molecule has 1 unspecified atom stereocenters. The Kier molecular flexibility index (Phi) is 9.58. The van der Waals surface area contributed by atoms with Gasteiger partial charge < -0.3 is 24.1 Å². The average molecular weight is 490 g/mol. The summed E-state index contributed by atoms with van der Waals surface area (Å²) in [6.45, 7) is 7.50. The zero-order valence-corrected chi connectivity index (χ0v) is 19.5. The van der Waals surface area contributed by atoms with Crippen LogP contribution in [-0.4, -0.2) is 81.0 Å². The number of carboxylic acid groups (broad SMARTS) is 1. The summed E-state index contributed by atoms with van der Waals surface area (Å²) in [5, 5.41) is 7.12. The van der Waals surface area contributed by atoms with Crippen LogP contribution in [0.5, 0.6) is 5.75 Å². The summed E-state index contributed by atoms with van der Waals surface area (Å²) in [6.07, 6.45) is -0.491. The maximum absolute atomic E-state index is 10.6. The van der Waals surface area contributed by atoms with Crippen LogP contribution < -0.4 is 4.74 Å². The summed E-state index contributed by atoms with van der Waals surface area (Å²) in [5.74, 6) is -0.504. The number of carbonyl (C=O) groups is 1.